The number of para-hydroxylation sites is 1. The Morgan fingerprint density at radius 3 is 2.41 bits per heavy atom. The average Bonchev–Trinajstić information content (AvgIpc) is 3.11. The largest absolute Gasteiger partial charge is 0.490 e. The number of amides is 3. The number of aryl methyl sites for hydroxylation is 1. The van der Waals surface area contributed by atoms with E-state index in [1.165, 1.54) is 0 Å². The van der Waals surface area contributed by atoms with E-state index in [9.17, 15) is 27.6 Å². The molecule has 2 heterocycles. The Kier molecular flexibility index (Phi) is 10.2. The van der Waals surface area contributed by atoms with E-state index in [0.717, 1.165) is 22.2 Å². The molecule has 14 heteroatoms. The number of nitrogens with one attached hydrogen (secondary N) is 3. The number of aromatic nitrogens is 1. The van der Waals surface area contributed by atoms with Crippen LogP contribution < -0.4 is 20.9 Å². The number of aliphatic carboxylic acids is 1. The second kappa shape index (κ2) is 13.6. The van der Waals surface area contributed by atoms with Crippen LogP contribution in [0.2, 0.25) is 0 Å². The molecule has 218 valence electrons. The molecule has 1 aliphatic heterocycles. The van der Waals surface area contributed by atoms with Gasteiger partial charge in [-0.25, -0.2) is 10.3 Å². The first-order valence-electron chi connectivity index (χ1n) is 12.3. The van der Waals surface area contributed by atoms with Crippen molar-refractivity contribution in [1.82, 2.24) is 21.1 Å². The van der Waals surface area contributed by atoms with Crippen molar-refractivity contribution in [2.45, 2.75) is 38.6 Å². The van der Waals surface area contributed by atoms with Crippen molar-refractivity contribution < 1.29 is 47.4 Å². The third-order valence-electron chi connectivity index (χ3n) is 6.12. The first-order valence-corrected chi connectivity index (χ1v) is 12.3. The maximum Gasteiger partial charge on any atom is 0.490 e. The molecule has 0 aliphatic carbocycles. The lowest BCUT2D eigenvalue weighted by molar-refractivity contribution is -0.192. The van der Waals surface area contributed by atoms with Crippen molar-refractivity contribution in [3.63, 3.8) is 0 Å². The van der Waals surface area contributed by atoms with Crippen molar-refractivity contribution >= 4 is 34.6 Å². The highest BCUT2D eigenvalue weighted by atomic mass is 19.4. The maximum atomic E-state index is 12.8. The van der Waals surface area contributed by atoms with Crippen LogP contribution in [0, 0.1) is 12.8 Å². The molecule has 5 N–H and O–H groups in total. The summed E-state index contributed by atoms with van der Waals surface area (Å²) in [5.41, 5.74) is 4.82. The molecule has 4 rings (SSSR count). The zero-order chi connectivity index (χ0) is 30.2. The van der Waals surface area contributed by atoms with Crippen LogP contribution in [0.3, 0.4) is 0 Å². The number of fused-ring (bicyclic) bond motifs is 1. The molecular weight excluding hydrogens is 549 g/mol. The smallest absolute Gasteiger partial charge is 0.489 e. The quantitative estimate of drug-likeness (QED) is 0.221. The Labute approximate surface area is 231 Å². The van der Waals surface area contributed by atoms with Crippen molar-refractivity contribution in [3.8, 4) is 5.75 Å². The minimum Gasteiger partial charge on any atom is -0.489 e. The number of hydrogen-bond donors (Lipinski definition) is 5. The van der Waals surface area contributed by atoms with Gasteiger partial charge in [-0.15, -0.1) is 0 Å². The second-order valence-electron chi connectivity index (χ2n) is 9.06. The third kappa shape index (κ3) is 8.63. The van der Waals surface area contributed by atoms with Crippen LogP contribution in [0.1, 0.15) is 34.5 Å². The fourth-order valence-corrected chi connectivity index (χ4v) is 4.16. The molecular formula is C27H27F3N4O7. The molecule has 0 bridgehead atoms. The molecule has 2 aromatic carbocycles. The van der Waals surface area contributed by atoms with Crippen LogP contribution in [0.15, 0.2) is 54.6 Å². The minimum atomic E-state index is -5.08. The van der Waals surface area contributed by atoms with Gasteiger partial charge in [-0.1, -0.05) is 18.2 Å². The van der Waals surface area contributed by atoms with Crippen LogP contribution in [-0.4, -0.2) is 57.8 Å². The number of hydrogen-bond acceptors (Lipinski definition) is 7. The number of carboxylic acid groups (broad SMARTS) is 1. The fraction of sp³-hybridized carbons (Fsp3) is 0.296. The Balaban J connectivity index is 0.000000587. The molecule has 41 heavy (non-hydrogen) atoms. The lowest BCUT2D eigenvalue weighted by Gasteiger charge is -2.23. The number of carboxylic acids is 1. The number of halogens is 3. The summed E-state index contributed by atoms with van der Waals surface area (Å²) < 4.78 is 37.7. The summed E-state index contributed by atoms with van der Waals surface area (Å²) in [6.45, 7) is 2.59. The van der Waals surface area contributed by atoms with Gasteiger partial charge in [0.15, 0.2) is 0 Å². The van der Waals surface area contributed by atoms with Crippen LogP contribution in [0.4, 0.5) is 13.2 Å². The Bertz CT molecular complexity index is 1410. The Hall–Kier alpha value is -4.72. The SMILES string of the molecule is Cc1cc(COc2ccc(C(=O)N[C@@H]3CC(=O)NCC[C@@H]3C(=O)NO)cc2)c2ccccc2n1.O=C(O)C(F)(F)F. The summed E-state index contributed by atoms with van der Waals surface area (Å²) in [5, 5.41) is 22.6. The molecule has 0 saturated carbocycles. The van der Waals surface area contributed by atoms with Crippen LogP contribution in [-0.2, 0) is 21.0 Å². The predicted octanol–water partition coefficient (Wildman–Crippen LogP) is 2.89. The lowest BCUT2D eigenvalue weighted by atomic mass is 9.93. The van der Waals surface area contributed by atoms with Gasteiger partial charge in [0.1, 0.15) is 12.4 Å². The molecule has 1 fully saturated rings. The topological polar surface area (TPSA) is 167 Å². The standard InChI is InChI=1S/C25H26N4O5.C2HF3O2/c1-15-12-17(19-4-2-3-5-21(19)27-15)14-34-18-8-6-16(7-9-18)24(31)28-22-13-23(30)26-11-10-20(22)25(32)29-33;3-2(4,5)1(6)7/h2-9,12,20,22,33H,10-11,13-14H2,1H3,(H,26,30)(H,28,31)(H,29,32);(H,6,7)/t20-,22+;/m0./s1. The molecule has 1 saturated heterocycles. The number of alkyl halides is 3. The summed E-state index contributed by atoms with van der Waals surface area (Å²) in [6, 6.07) is 15.8. The van der Waals surface area contributed by atoms with Gasteiger partial charge in [-0.05, 0) is 49.7 Å². The van der Waals surface area contributed by atoms with Crippen molar-refractivity contribution in [2.75, 3.05) is 6.54 Å². The Morgan fingerprint density at radius 2 is 1.78 bits per heavy atom. The fourth-order valence-electron chi connectivity index (χ4n) is 4.16. The zero-order valence-electron chi connectivity index (χ0n) is 21.7. The van der Waals surface area contributed by atoms with Gasteiger partial charge in [-0.3, -0.25) is 24.6 Å². The van der Waals surface area contributed by atoms with Crippen LogP contribution in [0.25, 0.3) is 10.9 Å². The summed E-state index contributed by atoms with van der Waals surface area (Å²) in [6.07, 6.45) is -4.83. The minimum absolute atomic E-state index is 0.0513. The average molecular weight is 577 g/mol. The van der Waals surface area contributed by atoms with Gasteiger partial charge in [0, 0.05) is 41.2 Å². The lowest BCUT2D eigenvalue weighted by Crippen LogP contribution is -2.46. The number of carbonyl (C=O) groups excluding carboxylic acids is 3. The molecule has 2 atom stereocenters. The summed E-state index contributed by atoms with van der Waals surface area (Å²) >= 11 is 0. The summed E-state index contributed by atoms with van der Waals surface area (Å²) in [7, 11) is 0. The van der Waals surface area contributed by atoms with Gasteiger partial charge in [0.2, 0.25) is 11.8 Å². The van der Waals surface area contributed by atoms with E-state index in [2.05, 4.69) is 15.6 Å². The molecule has 0 spiro atoms. The van der Waals surface area contributed by atoms with E-state index < -0.39 is 35.9 Å². The molecule has 1 aromatic heterocycles. The number of rotatable bonds is 6. The van der Waals surface area contributed by atoms with Crippen molar-refractivity contribution in [2.24, 2.45) is 5.92 Å². The number of carbonyl (C=O) groups is 4. The number of benzene rings is 2. The van der Waals surface area contributed by atoms with Gasteiger partial charge < -0.3 is 20.5 Å². The van der Waals surface area contributed by atoms with E-state index in [1.807, 2.05) is 37.3 Å². The molecule has 3 aromatic rings. The van der Waals surface area contributed by atoms with Gasteiger partial charge in [-0.2, -0.15) is 13.2 Å². The van der Waals surface area contributed by atoms with E-state index in [0.29, 0.717) is 30.9 Å². The van der Waals surface area contributed by atoms with Crippen molar-refractivity contribution in [1.29, 1.82) is 0 Å². The van der Waals surface area contributed by atoms with E-state index in [-0.39, 0.29) is 12.3 Å². The van der Waals surface area contributed by atoms with E-state index >= 15 is 0 Å². The van der Waals surface area contributed by atoms with Gasteiger partial charge in [0.25, 0.3) is 5.91 Å². The highest BCUT2D eigenvalue weighted by Gasteiger charge is 2.38. The number of pyridine rings is 1. The van der Waals surface area contributed by atoms with Crippen LogP contribution >= 0.6 is 0 Å². The molecule has 11 nitrogen and oxygen atoms in total. The normalized spacial score (nSPS) is 16.9. The zero-order valence-corrected chi connectivity index (χ0v) is 21.7. The number of nitrogens with zero attached hydrogens (tertiary/aromatic N) is 1. The second-order valence-corrected chi connectivity index (χ2v) is 9.06. The third-order valence-corrected chi connectivity index (χ3v) is 6.12. The number of ether oxygens (including phenoxy) is 1. The predicted molar refractivity (Wildman–Crippen MR) is 138 cm³/mol. The van der Waals surface area contributed by atoms with Crippen LogP contribution in [0.5, 0.6) is 5.75 Å². The molecule has 1 aliphatic rings. The molecule has 3 amide bonds. The van der Waals surface area contributed by atoms with E-state index in [1.54, 1.807) is 29.7 Å². The first-order chi connectivity index (χ1) is 19.4. The highest BCUT2D eigenvalue weighted by Crippen LogP contribution is 2.22. The highest BCUT2D eigenvalue weighted by molar-refractivity contribution is 5.95. The maximum absolute atomic E-state index is 12.8. The van der Waals surface area contributed by atoms with Gasteiger partial charge >= 0.3 is 12.1 Å². The molecule has 0 radical (unpaired) electrons. The van der Waals surface area contributed by atoms with E-state index in [4.69, 9.17) is 19.8 Å². The molecule has 0 unspecified atom stereocenters. The monoisotopic (exact) mass is 576 g/mol. The Morgan fingerprint density at radius 1 is 1.12 bits per heavy atom. The van der Waals surface area contributed by atoms with Crippen molar-refractivity contribution in [3.05, 3.63) is 71.4 Å². The first kappa shape index (κ1) is 30.8. The summed E-state index contributed by atoms with van der Waals surface area (Å²) in [5.74, 6) is -4.20. The summed E-state index contributed by atoms with van der Waals surface area (Å²) in [4.78, 5) is 50.2. The van der Waals surface area contributed by atoms with Gasteiger partial charge in [0.05, 0.1) is 11.4 Å². The number of hydroxylamine groups is 1.